The molecule has 1 aromatic carbocycles. The fourth-order valence-electron chi connectivity index (χ4n) is 3.47. The van der Waals surface area contributed by atoms with Gasteiger partial charge in [-0.2, -0.15) is 9.61 Å². The lowest BCUT2D eigenvalue weighted by molar-refractivity contribution is -0.121. The molecule has 0 unspecified atom stereocenters. The van der Waals surface area contributed by atoms with E-state index in [1.165, 1.54) is 0 Å². The summed E-state index contributed by atoms with van der Waals surface area (Å²) in [6.07, 6.45) is 3.63. The monoisotopic (exact) mass is 425 g/mol. The van der Waals surface area contributed by atoms with E-state index >= 15 is 0 Å². The number of anilines is 1. The van der Waals surface area contributed by atoms with Gasteiger partial charge in [0, 0.05) is 37.8 Å². The molecule has 0 spiro atoms. The molecule has 5 rings (SSSR count). The molecule has 154 valence electrons. The number of fused-ring (bicyclic) bond motifs is 3. The van der Waals surface area contributed by atoms with Crippen LogP contribution in [0.5, 0.6) is 0 Å². The number of hydrogen-bond donors (Lipinski definition) is 3. The van der Waals surface area contributed by atoms with Crippen LogP contribution in [-0.4, -0.2) is 60.9 Å². The lowest BCUT2D eigenvalue weighted by Crippen LogP contribution is -2.42. The average molecular weight is 426 g/mol. The molecular weight excluding hydrogens is 406 g/mol. The standard InChI is InChI=1S/C19H20ClN9O/c1-2-28-10-11(8-23-28)16-26-17-12-4-3-5-13(20)15(12)25-19(29(17)27-16)24-14-9-21-6-7-22-18(14)30/h3-5,8,10,14,21H,2,6-7,9H2,1H3,(H,22,30)(H,24,25)/t14-/m1/s1. The number of carbonyl (C=O) groups excluding carboxylic acids is 1. The second-order valence-electron chi connectivity index (χ2n) is 7.02. The Morgan fingerprint density at radius 2 is 2.20 bits per heavy atom. The van der Waals surface area contributed by atoms with Crippen molar-refractivity contribution in [2.24, 2.45) is 0 Å². The molecule has 4 heterocycles. The van der Waals surface area contributed by atoms with Crippen LogP contribution < -0.4 is 16.0 Å². The number of amides is 1. The zero-order chi connectivity index (χ0) is 20.7. The number of aromatic nitrogens is 6. The highest BCUT2D eigenvalue weighted by Crippen LogP contribution is 2.28. The van der Waals surface area contributed by atoms with E-state index in [-0.39, 0.29) is 5.91 Å². The summed E-state index contributed by atoms with van der Waals surface area (Å²) in [4.78, 5) is 21.8. The van der Waals surface area contributed by atoms with Crippen LogP contribution in [0.15, 0.2) is 30.6 Å². The molecule has 3 N–H and O–H groups in total. The Balaban J connectivity index is 1.67. The van der Waals surface area contributed by atoms with Gasteiger partial charge in [0.05, 0.1) is 22.3 Å². The van der Waals surface area contributed by atoms with Crippen LogP contribution in [0.4, 0.5) is 5.95 Å². The smallest absolute Gasteiger partial charge is 0.243 e. The molecule has 0 saturated carbocycles. The van der Waals surface area contributed by atoms with Gasteiger partial charge in [0.25, 0.3) is 0 Å². The molecule has 0 bridgehead atoms. The molecule has 1 aliphatic rings. The molecular formula is C19H20ClN9O. The number of aryl methyl sites for hydroxylation is 1. The largest absolute Gasteiger partial charge is 0.353 e. The van der Waals surface area contributed by atoms with Crippen molar-refractivity contribution in [3.05, 3.63) is 35.6 Å². The Bertz CT molecular complexity index is 1250. The molecule has 1 amide bonds. The predicted octanol–water partition coefficient (Wildman–Crippen LogP) is 1.31. The fourth-order valence-corrected chi connectivity index (χ4v) is 3.69. The number of para-hydroxylation sites is 1. The number of rotatable bonds is 4. The van der Waals surface area contributed by atoms with Crippen LogP contribution in [0.1, 0.15) is 6.92 Å². The molecule has 0 radical (unpaired) electrons. The molecule has 11 heteroatoms. The van der Waals surface area contributed by atoms with E-state index in [4.69, 9.17) is 16.6 Å². The third-order valence-corrected chi connectivity index (χ3v) is 5.34. The highest BCUT2D eigenvalue weighted by Gasteiger charge is 2.24. The maximum absolute atomic E-state index is 12.4. The lowest BCUT2D eigenvalue weighted by atomic mass is 10.2. The third kappa shape index (κ3) is 3.23. The van der Waals surface area contributed by atoms with Gasteiger partial charge in [-0.15, -0.1) is 5.10 Å². The van der Waals surface area contributed by atoms with Gasteiger partial charge in [0.15, 0.2) is 11.5 Å². The molecule has 30 heavy (non-hydrogen) atoms. The molecule has 10 nitrogen and oxygen atoms in total. The van der Waals surface area contributed by atoms with Gasteiger partial charge in [-0.3, -0.25) is 9.48 Å². The van der Waals surface area contributed by atoms with Crippen molar-refractivity contribution >= 4 is 40.0 Å². The zero-order valence-corrected chi connectivity index (χ0v) is 17.0. The van der Waals surface area contributed by atoms with E-state index in [9.17, 15) is 4.79 Å². The minimum atomic E-state index is -0.501. The first-order valence-electron chi connectivity index (χ1n) is 9.77. The fraction of sp³-hybridized carbons (Fsp3) is 0.316. The molecule has 3 aromatic heterocycles. The van der Waals surface area contributed by atoms with Crippen molar-refractivity contribution in [1.82, 2.24) is 40.0 Å². The normalized spacial score (nSPS) is 17.3. The van der Waals surface area contributed by atoms with Crippen LogP contribution in [0.25, 0.3) is 27.9 Å². The van der Waals surface area contributed by atoms with Gasteiger partial charge in [0.1, 0.15) is 6.04 Å². The number of benzene rings is 1. The van der Waals surface area contributed by atoms with Crippen LogP contribution in [0.2, 0.25) is 5.02 Å². The molecule has 1 saturated heterocycles. The minimum Gasteiger partial charge on any atom is -0.353 e. The second kappa shape index (κ2) is 7.54. The van der Waals surface area contributed by atoms with E-state index in [1.54, 1.807) is 16.8 Å². The molecule has 0 aliphatic carbocycles. The van der Waals surface area contributed by atoms with Gasteiger partial charge in [-0.05, 0) is 19.1 Å². The van der Waals surface area contributed by atoms with Gasteiger partial charge in [-0.1, -0.05) is 17.7 Å². The SMILES string of the molecule is CCn1cc(-c2nc3c4cccc(Cl)c4nc(N[C@@H]4CNCCNC4=O)n3n2)cn1. The van der Waals surface area contributed by atoms with Crippen molar-refractivity contribution in [3.8, 4) is 11.4 Å². The first kappa shape index (κ1) is 18.8. The maximum Gasteiger partial charge on any atom is 0.243 e. The van der Waals surface area contributed by atoms with Crippen molar-refractivity contribution in [1.29, 1.82) is 0 Å². The zero-order valence-electron chi connectivity index (χ0n) is 16.3. The first-order chi connectivity index (χ1) is 14.6. The van der Waals surface area contributed by atoms with Crippen molar-refractivity contribution in [3.63, 3.8) is 0 Å². The first-order valence-corrected chi connectivity index (χ1v) is 10.1. The van der Waals surface area contributed by atoms with E-state index in [1.807, 2.05) is 29.9 Å². The predicted molar refractivity (Wildman–Crippen MR) is 113 cm³/mol. The number of halogens is 1. The van der Waals surface area contributed by atoms with Crippen molar-refractivity contribution in [2.45, 2.75) is 19.5 Å². The quantitative estimate of drug-likeness (QED) is 0.451. The summed E-state index contributed by atoms with van der Waals surface area (Å²) in [5.41, 5.74) is 2.00. The Morgan fingerprint density at radius 1 is 1.30 bits per heavy atom. The van der Waals surface area contributed by atoms with Crippen molar-refractivity contribution < 1.29 is 4.79 Å². The summed E-state index contributed by atoms with van der Waals surface area (Å²) < 4.78 is 3.43. The number of nitrogens with zero attached hydrogens (tertiary/aromatic N) is 6. The Kier molecular flexibility index (Phi) is 4.72. The highest BCUT2D eigenvalue weighted by molar-refractivity contribution is 6.35. The molecule has 1 aliphatic heterocycles. The van der Waals surface area contributed by atoms with Crippen molar-refractivity contribution in [2.75, 3.05) is 25.0 Å². The van der Waals surface area contributed by atoms with Crippen LogP contribution in [0, 0.1) is 0 Å². The van der Waals surface area contributed by atoms with E-state index in [2.05, 4.69) is 31.1 Å². The van der Waals surface area contributed by atoms with Crippen LogP contribution in [-0.2, 0) is 11.3 Å². The van der Waals surface area contributed by atoms with Gasteiger partial charge >= 0.3 is 0 Å². The van der Waals surface area contributed by atoms with Gasteiger partial charge < -0.3 is 16.0 Å². The van der Waals surface area contributed by atoms with E-state index < -0.39 is 6.04 Å². The summed E-state index contributed by atoms with van der Waals surface area (Å²) in [7, 11) is 0. The summed E-state index contributed by atoms with van der Waals surface area (Å²) in [6.45, 7) is 4.54. The second-order valence-corrected chi connectivity index (χ2v) is 7.43. The number of hydrogen-bond acceptors (Lipinski definition) is 7. The van der Waals surface area contributed by atoms with Gasteiger partial charge in [-0.25, -0.2) is 9.97 Å². The number of nitrogens with one attached hydrogen (secondary N) is 3. The van der Waals surface area contributed by atoms with E-state index in [0.29, 0.717) is 47.6 Å². The summed E-state index contributed by atoms with van der Waals surface area (Å²) in [5, 5.41) is 19.6. The highest BCUT2D eigenvalue weighted by atomic mass is 35.5. The topological polar surface area (TPSA) is 114 Å². The molecule has 1 atom stereocenters. The summed E-state index contributed by atoms with van der Waals surface area (Å²) in [5.74, 6) is 0.824. The summed E-state index contributed by atoms with van der Waals surface area (Å²) >= 11 is 6.42. The summed E-state index contributed by atoms with van der Waals surface area (Å²) in [6, 6.07) is 5.03. The Morgan fingerprint density at radius 3 is 3.03 bits per heavy atom. The lowest BCUT2D eigenvalue weighted by Gasteiger charge is -2.16. The van der Waals surface area contributed by atoms with E-state index in [0.717, 1.165) is 17.5 Å². The Labute approximate surface area is 176 Å². The Hall–Kier alpha value is -3.24. The average Bonchev–Trinajstić information content (AvgIpc) is 3.36. The molecule has 4 aromatic rings. The maximum atomic E-state index is 12.4. The van der Waals surface area contributed by atoms with Crippen LogP contribution >= 0.6 is 11.6 Å². The minimum absolute atomic E-state index is 0.0984. The van der Waals surface area contributed by atoms with Crippen LogP contribution in [0.3, 0.4) is 0 Å². The number of carbonyl (C=O) groups is 1. The molecule has 1 fully saturated rings. The van der Waals surface area contributed by atoms with Gasteiger partial charge in [0.2, 0.25) is 11.9 Å². The third-order valence-electron chi connectivity index (χ3n) is 5.04.